The number of aromatic carboxylic acids is 1. The Morgan fingerprint density at radius 1 is 1.65 bits per heavy atom. The van der Waals surface area contributed by atoms with Crippen LogP contribution in [0.15, 0.2) is 5.16 Å². The van der Waals surface area contributed by atoms with Crippen molar-refractivity contribution >= 4 is 17.7 Å². The van der Waals surface area contributed by atoms with E-state index >= 15 is 0 Å². The Hall–Kier alpha value is -1.01. The first-order valence-corrected chi connectivity index (χ1v) is 6.90. The highest BCUT2D eigenvalue weighted by atomic mass is 32.2. The van der Waals surface area contributed by atoms with Gasteiger partial charge in [0.25, 0.3) is 0 Å². The Morgan fingerprint density at radius 2 is 2.41 bits per heavy atom. The molecule has 17 heavy (non-hydrogen) atoms. The Balaban J connectivity index is 2.29. The highest BCUT2D eigenvalue weighted by Gasteiger charge is 2.26. The molecule has 2 N–H and O–H groups in total. The smallest absolute Gasteiger partial charge is 0.356 e. The van der Waals surface area contributed by atoms with Crippen molar-refractivity contribution in [3.05, 3.63) is 11.4 Å². The zero-order chi connectivity index (χ0) is 12.4. The van der Waals surface area contributed by atoms with Crippen LogP contribution in [0.3, 0.4) is 0 Å². The third-order valence-electron chi connectivity index (χ3n) is 3.14. The van der Waals surface area contributed by atoms with Crippen molar-refractivity contribution in [2.24, 2.45) is 0 Å². The molecule has 1 fully saturated rings. The van der Waals surface area contributed by atoms with Gasteiger partial charge < -0.3 is 15.0 Å². The molecule has 1 aliphatic heterocycles. The van der Waals surface area contributed by atoms with E-state index < -0.39 is 5.97 Å². The summed E-state index contributed by atoms with van der Waals surface area (Å²) in [6.45, 7) is 1.98. The lowest BCUT2D eigenvalue weighted by Crippen LogP contribution is -2.31. The van der Waals surface area contributed by atoms with Gasteiger partial charge in [-0.05, 0) is 32.7 Å². The number of aromatic amines is 1. The maximum absolute atomic E-state index is 11.2. The van der Waals surface area contributed by atoms with Crippen LogP contribution < -0.4 is 0 Å². The second-order valence-electron chi connectivity index (χ2n) is 4.41. The third-order valence-corrected chi connectivity index (χ3v) is 3.72. The van der Waals surface area contributed by atoms with Gasteiger partial charge in [-0.1, -0.05) is 11.8 Å². The van der Waals surface area contributed by atoms with E-state index in [2.05, 4.69) is 21.9 Å². The number of carboxylic acids is 1. The van der Waals surface area contributed by atoms with E-state index in [0.29, 0.717) is 5.16 Å². The Bertz CT molecular complexity index is 419. The molecule has 0 spiro atoms. The lowest BCUT2D eigenvalue weighted by Gasteiger charge is -2.29. The number of thioether (sulfide) groups is 1. The molecule has 0 radical (unpaired) electrons. The van der Waals surface area contributed by atoms with Gasteiger partial charge >= 0.3 is 5.97 Å². The number of likely N-dealkylation sites (N-methyl/N-ethyl adjacent to an activating group) is 1. The molecule has 1 aromatic heterocycles. The molecule has 1 saturated heterocycles. The predicted molar refractivity (Wildman–Crippen MR) is 66.8 cm³/mol. The number of aromatic nitrogens is 2. The van der Waals surface area contributed by atoms with E-state index in [4.69, 9.17) is 5.11 Å². The van der Waals surface area contributed by atoms with Gasteiger partial charge in [0.05, 0.1) is 5.69 Å². The van der Waals surface area contributed by atoms with E-state index in [-0.39, 0.29) is 11.6 Å². The number of hydrogen-bond acceptors (Lipinski definition) is 4. The van der Waals surface area contributed by atoms with Crippen molar-refractivity contribution in [2.75, 3.05) is 26.4 Å². The van der Waals surface area contributed by atoms with E-state index in [1.54, 1.807) is 0 Å². The van der Waals surface area contributed by atoms with Crippen LogP contribution in [-0.2, 0) is 0 Å². The average molecular weight is 255 g/mol. The van der Waals surface area contributed by atoms with Crippen molar-refractivity contribution in [3.63, 3.8) is 0 Å². The van der Waals surface area contributed by atoms with Crippen molar-refractivity contribution in [1.29, 1.82) is 0 Å². The summed E-state index contributed by atoms with van der Waals surface area (Å²) in [6.07, 6.45) is 4.02. The minimum absolute atomic E-state index is 0.189. The fourth-order valence-electron chi connectivity index (χ4n) is 2.32. The minimum Gasteiger partial charge on any atom is -0.476 e. The quantitative estimate of drug-likeness (QED) is 0.804. The van der Waals surface area contributed by atoms with Crippen LogP contribution in [0.2, 0.25) is 0 Å². The number of carboxylic acid groups (broad SMARTS) is 1. The van der Waals surface area contributed by atoms with Crippen molar-refractivity contribution in [2.45, 2.75) is 23.9 Å². The summed E-state index contributed by atoms with van der Waals surface area (Å²) in [4.78, 5) is 20.7. The van der Waals surface area contributed by atoms with Crippen LogP contribution in [0.25, 0.3) is 0 Å². The number of carbonyl (C=O) groups is 1. The molecular weight excluding hydrogens is 238 g/mol. The highest BCUT2D eigenvalue weighted by molar-refractivity contribution is 7.98. The van der Waals surface area contributed by atoms with E-state index in [0.717, 1.165) is 31.6 Å². The number of likely N-dealkylation sites (tertiary alicyclic amines) is 1. The lowest BCUT2D eigenvalue weighted by atomic mass is 9.94. The monoisotopic (exact) mass is 255 g/mol. The molecule has 1 unspecified atom stereocenters. The number of nitrogens with one attached hydrogen (secondary N) is 1. The Morgan fingerprint density at radius 3 is 3.00 bits per heavy atom. The van der Waals surface area contributed by atoms with Gasteiger partial charge in [-0.25, -0.2) is 9.78 Å². The van der Waals surface area contributed by atoms with Gasteiger partial charge in [-0.15, -0.1) is 0 Å². The minimum atomic E-state index is -0.940. The van der Waals surface area contributed by atoms with Crippen LogP contribution in [0.4, 0.5) is 0 Å². The van der Waals surface area contributed by atoms with E-state index in [1.807, 2.05) is 6.26 Å². The summed E-state index contributed by atoms with van der Waals surface area (Å²) in [5.41, 5.74) is 0.975. The summed E-state index contributed by atoms with van der Waals surface area (Å²) in [7, 11) is 2.07. The molecule has 1 aromatic rings. The molecule has 0 aliphatic carbocycles. The van der Waals surface area contributed by atoms with Gasteiger partial charge in [0.15, 0.2) is 10.9 Å². The van der Waals surface area contributed by atoms with Crippen LogP contribution in [0.5, 0.6) is 0 Å². The predicted octanol–water partition coefficient (Wildman–Crippen LogP) is 1.64. The number of piperidine rings is 1. The largest absolute Gasteiger partial charge is 0.476 e. The fourth-order valence-corrected chi connectivity index (χ4v) is 2.72. The maximum atomic E-state index is 11.2. The second-order valence-corrected chi connectivity index (χ2v) is 5.21. The number of imidazole rings is 1. The van der Waals surface area contributed by atoms with Crippen LogP contribution in [-0.4, -0.2) is 52.3 Å². The van der Waals surface area contributed by atoms with Gasteiger partial charge in [0, 0.05) is 12.5 Å². The Labute approximate surface area is 105 Å². The number of rotatable bonds is 3. The van der Waals surface area contributed by atoms with Gasteiger partial charge in [-0.2, -0.15) is 0 Å². The zero-order valence-electron chi connectivity index (χ0n) is 10.1. The number of H-pyrrole nitrogens is 1. The topological polar surface area (TPSA) is 69.2 Å². The fraction of sp³-hybridized carbons (Fsp3) is 0.636. The summed E-state index contributed by atoms with van der Waals surface area (Å²) < 4.78 is 0. The normalized spacial score (nSPS) is 21.6. The third kappa shape index (κ3) is 2.63. The molecule has 5 nitrogen and oxygen atoms in total. The van der Waals surface area contributed by atoms with Gasteiger partial charge in [-0.3, -0.25) is 0 Å². The van der Waals surface area contributed by atoms with E-state index in [9.17, 15) is 4.79 Å². The molecule has 0 bridgehead atoms. The highest BCUT2D eigenvalue weighted by Crippen LogP contribution is 2.29. The zero-order valence-corrected chi connectivity index (χ0v) is 10.9. The number of hydrogen-bond donors (Lipinski definition) is 2. The van der Waals surface area contributed by atoms with Crippen molar-refractivity contribution in [1.82, 2.24) is 14.9 Å². The Kier molecular flexibility index (Phi) is 3.73. The summed E-state index contributed by atoms with van der Waals surface area (Å²) >= 11 is 1.44. The maximum Gasteiger partial charge on any atom is 0.356 e. The molecule has 94 valence electrons. The summed E-state index contributed by atoms with van der Waals surface area (Å²) in [5.74, 6) is -0.682. The van der Waals surface area contributed by atoms with Crippen LogP contribution in [0.1, 0.15) is 34.9 Å². The van der Waals surface area contributed by atoms with Crippen molar-refractivity contribution in [3.8, 4) is 0 Å². The lowest BCUT2D eigenvalue weighted by molar-refractivity contribution is 0.0688. The summed E-state index contributed by atoms with van der Waals surface area (Å²) in [5, 5.41) is 9.85. The second kappa shape index (κ2) is 5.10. The first kappa shape index (κ1) is 12.4. The average Bonchev–Trinajstić information content (AvgIpc) is 2.73. The molecule has 2 heterocycles. The SMILES string of the molecule is CSc1nc(C(=O)O)c(C2CCCN(C)C2)[nH]1. The van der Waals surface area contributed by atoms with Crippen LogP contribution >= 0.6 is 11.8 Å². The first-order valence-electron chi connectivity index (χ1n) is 5.67. The molecule has 1 aliphatic rings. The standard InChI is InChI=1S/C11H17N3O2S/c1-14-5-3-4-7(6-14)8-9(10(15)16)13-11(12-8)17-2/h7H,3-6H2,1-2H3,(H,12,13)(H,15,16). The first-order chi connectivity index (χ1) is 8.11. The molecule has 0 saturated carbocycles. The van der Waals surface area contributed by atoms with Gasteiger partial charge in [0.1, 0.15) is 0 Å². The summed E-state index contributed by atoms with van der Waals surface area (Å²) in [6, 6.07) is 0. The van der Waals surface area contributed by atoms with Crippen molar-refractivity contribution < 1.29 is 9.90 Å². The molecule has 0 aromatic carbocycles. The van der Waals surface area contributed by atoms with Gasteiger partial charge in [0.2, 0.25) is 0 Å². The molecular formula is C11H17N3O2S. The molecule has 0 amide bonds. The number of nitrogens with zero attached hydrogens (tertiary/aromatic N) is 2. The molecule has 6 heteroatoms. The van der Waals surface area contributed by atoms with Crippen LogP contribution in [0, 0.1) is 0 Å². The molecule has 1 atom stereocenters. The van der Waals surface area contributed by atoms with E-state index in [1.165, 1.54) is 11.8 Å². The molecule has 2 rings (SSSR count).